The number of aromatic nitrogens is 3. The molecule has 5 aromatic rings. The fourth-order valence-electron chi connectivity index (χ4n) is 3.72. The van der Waals surface area contributed by atoms with E-state index in [1.807, 2.05) is 85.8 Å². The molecule has 0 bridgehead atoms. The molecule has 0 aliphatic heterocycles. The third-order valence-corrected chi connectivity index (χ3v) is 5.46. The summed E-state index contributed by atoms with van der Waals surface area (Å²) in [4.78, 5) is 25.9. The van der Waals surface area contributed by atoms with Gasteiger partial charge in [-0.1, -0.05) is 42.5 Å². The topological polar surface area (TPSA) is 79.8 Å². The molecule has 0 aliphatic carbocycles. The second kappa shape index (κ2) is 8.88. The highest BCUT2D eigenvalue weighted by molar-refractivity contribution is 6.09. The number of rotatable bonds is 5. The molecule has 0 atom stereocenters. The summed E-state index contributed by atoms with van der Waals surface area (Å²) >= 11 is 0. The molecule has 33 heavy (non-hydrogen) atoms. The summed E-state index contributed by atoms with van der Waals surface area (Å²) in [5.41, 5.74) is 4.75. The number of nitrogens with one attached hydrogen (secondary N) is 2. The summed E-state index contributed by atoms with van der Waals surface area (Å²) in [6, 6.07) is 25.1. The summed E-state index contributed by atoms with van der Waals surface area (Å²) in [5.74, 6) is 0.484. The molecule has 0 radical (unpaired) electrons. The zero-order chi connectivity index (χ0) is 22.6. The third kappa shape index (κ3) is 4.27. The Morgan fingerprint density at radius 3 is 2.58 bits per heavy atom. The van der Waals surface area contributed by atoms with E-state index in [4.69, 9.17) is 0 Å². The average Bonchev–Trinajstić information content (AvgIpc) is 2.86. The van der Waals surface area contributed by atoms with Gasteiger partial charge in [-0.15, -0.1) is 0 Å². The van der Waals surface area contributed by atoms with E-state index in [2.05, 4.69) is 25.6 Å². The number of nitrogens with zero attached hydrogens (tertiary/aromatic N) is 3. The Labute approximate surface area is 191 Å². The van der Waals surface area contributed by atoms with E-state index in [0.29, 0.717) is 11.4 Å². The van der Waals surface area contributed by atoms with Crippen LogP contribution in [0.25, 0.3) is 22.0 Å². The van der Waals surface area contributed by atoms with E-state index >= 15 is 0 Å². The molecule has 0 saturated carbocycles. The first-order valence-electron chi connectivity index (χ1n) is 10.6. The number of anilines is 3. The van der Waals surface area contributed by atoms with Crippen LogP contribution in [0.1, 0.15) is 15.9 Å². The zero-order valence-electron chi connectivity index (χ0n) is 18.0. The number of hydrogen-bond donors (Lipinski definition) is 2. The van der Waals surface area contributed by atoms with Crippen molar-refractivity contribution in [2.45, 2.75) is 6.92 Å². The molecule has 2 heterocycles. The fourth-order valence-corrected chi connectivity index (χ4v) is 3.72. The molecule has 0 unspecified atom stereocenters. The Morgan fingerprint density at radius 2 is 1.70 bits per heavy atom. The van der Waals surface area contributed by atoms with Crippen molar-refractivity contribution < 1.29 is 4.79 Å². The van der Waals surface area contributed by atoms with Crippen molar-refractivity contribution in [2.24, 2.45) is 0 Å². The summed E-state index contributed by atoms with van der Waals surface area (Å²) in [6.45, 7) is 1.99. The molecule has 1 amide bonds. The highest BCUT2D eigenvalue weighted by Crippen LogP contribution is 2.29. The number of aryl methyl sites for hydroxylation is 1. The lowest BCUT2D eigenvalue weighted by Crippen LogP contribution is -2.12. The summed E-state index contributed by atoms with van der Waals surface area (Å²) in [6.07, 6.45) is 4.93. The lowest BCUT2D eigenvalue weighted by atomic mass is 10.1. The Morgan fingerprint density at radius 1 is 0.818 bits per heavy atom. The van der Waals surface area contributed by atoms with Crippen molar-refractivity contribution in [1.29, 1.82) is 0 Å². The van der Waals surface area contributed by atoms with Crippen LogP contribution in [0.3, 0.4) is 0 Å². The van der Waals surface area contributed by atoms with Crippen molar-refractivity contribution in [1.82, 2.24) is 15.0 Å². The summed E-state index contributed by atoms with van der Waals surface area (Å²) in [7, 11) is 0. The average molecular weight is 431 g/mol. The lowest BCUT2D eigenvalue weighted by molar-refractivity contribution is 0.102. The number of pyridine rings is 1. The van der Waals surface area contributed by atoms with E-state index in [-0.39, 0.29) is 5.91 Å². The van der Waals surface area contributed by atoms with Gasteiger partial charge < -0.3 is 10.6 Å². The molecular formula is C27H21N5O. The Bertz CT molecular complexity index is 1440. The normalized spacial score (nSPS) is 10.7. The van der Waals surface area contributed by atoms with E-state index < -0.39 is 0 Å². The van der Waals surface area contributed by atoms with Crippen molar-refractivity contribution in [3.63, 3.8) is 0 Å². The van der Waals surface area contributed by atoms with E-state index in [1.54, 1.807) is 12.4 Å². The van der Waals surface area contributed by atoms with Gasteiger partial charge in [0.2, 0.25) is 0 Å². The number of hydrogen-bond acceptors (Lipinski definition) is 5. The van der Waals surface area contributed by atoms with E-state index in [9.17, 15) is 4.79 Å². The fraction of sp³-hybridized carbons (Fsp3) is 0.0370. The van der Waals surface area contributed by atoms with Gasteiger partial charge in [-0.05, 0) is 54.3 Å². The predicted octanol–water partition coefficient (Wildman–Crippen LogP) is 6.00. The van der Waals surface area contributed by atoms with Gasteiger partial charge in [-0.25, -0.2) is 15.0 Å². The second-order valence-corrected chi connectivity index (χ2v) is 7.63. The largest absolute Gasteiger partial charge is 0.339 e. The quantitative estimate of drug-likeness (QED) is 0.357. The lowest BCUT2D eigenvalue weighted by Gasteiger charge is -2.14. The minimum Gasteiger partial charge on any atom is -0.339 e. The Kier molecular flexibility index (Phi) is 5.47. The van der Waals surface area contributed by atoms with Gasteiger partial charge in [0.15, 0.2) is 0 Å². The van der Waals surface area contributed by atoms with E-state index in [0.717, 1.165) is 39.0 Å². The molecule has 5 rings (SSSR count). The highest BCUT2D eigenvalue weighted by Gasteiger charge is 2.13. The molecule has 0 saturated heterocycles. The van der Waals surface area contributed by atoms with Crippen molar-refractivity contribution >= 4 is 33.9 Å². The van der Waals surface area contributed by atoms with Crippen LogP contribution in [0, 0.1) is 6.92 Å². The summed E-state index contributed by atoms with van der Waals surface area (Å²) < 4.78 is 0. The maximum atomic E-state index is 13.1. The number of carbonyl (C=O) groups excluding carboxylic acids is 1. The predicted molar refractivity (Wildman–Crippen MR) is 132 cm³/mol. The molecule has 0 fully saturated rings. The van der Waals surface area contributed by atoms with Crippen LogP contribution >= 0.6 is 0 Å². The van der Waals surface area contributed by atoms with Gasteiger partial charge in [0.1, 0.15) is 12.1 Å². The molecule has 0 aliphatic rings. The van der Waals surface area contributed by atoms with Crippen LogP contribution < -0.4 is 10.6 Å². The van der Waals surface area contributed by atoms with Crippen molar-refractivity contribution in [3.8, 4) is 11.3 Å². The summed E-state index contributed by atoms with van der Waals surface area (Å²) in [5, 5.41) is 8.51. The molecule has 6 heteroatoms. The number of benzene rings is 3. The van der Waals surface area contributed by atoms with Crippen LogP contribution in [-0.4, -0.2) is 20.9 Å². The van der Waals surface area contributed by atoms with Gasteiger partial charge in [0, 0.05) is 40.3 Å². The maximum absolute atomic E-state index is 13.1. The highest BCUT2D eigenvalue weighted by atomic mass is 16.1. The monoisotopic (exact) mass is 431 g/mol. The number of amides is 1. The van der Waals surface area contributed by atoms with Crippen molar-refractivity contribution in [3.05, 3.63) is 109 Å². The number of fused-ring (bicyclic) bond motifs is 1. The van der Waals surface area contributed by atoms with Crippen LogP contribution in [0.15, 0.2) is 97.6 Å². The van der Waals surface area contributed by atoms with Gasteiger partial charge in [-0.2, -0.15) is 0 Å². The first-order chi connectivity index (χ1) is 16.2. The minimum absolute atomic E-state index is 0.175. The first kappa shape index (κ1) is 20.3. The van der Waals surface area contributed by atoms with Crippen LogP contribution in [0.4, 0.5) is 17.2 Å². The zero-order valence-corrected chi connectivity index (χ0v) is 18.0. The van der Waals surface area contributed by atoms with Gasteiger partial charge >= 0.3 is 0 Å². The Balaban J connectivity index is 1.44. The van der Waals surface area contributed by atoms with Crippen LogP contribution in [-0.2, 0) is 0 Å². The standard InChI is InChI=1S/C27H21N5O/c1-18-11-12-20(27(33)32-24-10-4-7-19-6-2-3-8-21(19)24)16-25(18)31-26-22(9-5-14-29-26)23-13-15-28-17-30-23/h2-17H,1H3,(H,29,31)(H,32,33). The third-order valence-electron chi connectivity index (χ3n) is 5.46. The molecule has 6 nitrogen and oxygen atoms in total. The Hall–Kier alpha value is -4.58. The molecule has 3 aromatic carbocycles. The molecular weight excluding hydrogens is 410 g/mol. The second-order valence-electron chi connectivity index (χ2n) is 7.63. The van der Waals surface area contributed by atoms with Gasteiger partial charge in [0.25, 0.3) is 5.91 Å². The maximum Gasteiger partial charge on any atom is 0.255 e. The van der Waals surface area contributed by atoms with Gasteiger partial charge in [0.05, 0.1) is 5.69 Å². The molecule has 2 aromatic heterocycles. The van der Waals surface area contributed by atoms with Crippen LogP contribution in [0.2, 0.25) is 0 Å². The van der Waals surface area contributed by atoms with Crippen molar-refractivity contribution in [2.75, 3.05) is 10.6 Å². The minimum atomic E-state index is -0.175. The van der Waals surface area contributed by atoms with E-state index in [1.165, 1.54) is 6.33 Å². The molecule has 160 valence electrons. The first-order valence-corrected chi connectivity index (χ1v) is 10.6. The van der Waals surface area contributed by atoms with Gasteiger partial charge in [-0.3, -0.25) is 4.79 Å². The smallest absolute Gasteiger partial charge is 0.255 e. The van der Waals surface area contributed by atoms with Crippen LogP contribution in [0.5, 0.6) is 0 Å². The SMILES string of the molecule is Cc1ccc(C(=O)Nc2cccc3ccccc23)cc1Nc1ncccc1-c1ccncn1. The number of carbonyl (C=O) groups is 1. The molecule has 2 N–H and O–H groups in total. The molecule has 0 spiro atoms.